The minimum atomic E-state index is -3.11. The second-order valence-electron chi connectivity index (χ2n) is 3.40. The van der Waals surface area contributed by atoms with E-state index in [9.17, 15) is 9.59 Å². The minimum Gasteiger partial charge on any atom is -0.372 e. The monoisotopic (exact) mass is 288 g/mol. The Labute approximate surface area is 114 Å². The molecule has 0 fully saturated rings. The predicted molar refractivity (Wildman–Crippen MR) is 70.1 cm³/mol. The van der Waals surface area contributed by atoms with Gasteiger partial charge in [-0.1, -0.05) is 0 Å². The molecule has 8 heteroatoms. The molecule has 1 atom stereocenters. The van der Waals surface area contributed by atoms with E-state index in [0.29, 0.717) is 26.2 Å². The first-order valence-corrected chi connectivity index (χ1v) is 8.03. The molecular weight excluding hydrogens is 268 g/mol. The molecule has 0 rings (SSSR count). The first-order valence-electron chi connectivity index (χ1n) is 6.23. The molecule has 0 saturated heterocycles. The largest absolute Gasteiger partial charge is 0.527 e. The van der Waals surface area contributed by atoms with Gasteiger partial charge in [-0.25, -0.2) is 14.6 Å². The molecule has 0 aliphatic rings. The van der Waals surface area contributed by atoms with Gasteiger partial charge in [0, 0.05) is 19.8 Å². The van der Waals surface area contributed by atoms with Gasteiger partial charge in [0.15, 0.2) is 0 Å². The number of aliphatic imine (C=N–C) groups is 2. The first kappa shape index (κ1) is 17.9. The zero-order valence-corrected chi connectivity index (χ0v) is 12.5. The zero-order chi connectivity index (χ0) is 14.6. The molecule has 19 heavy (non-hydrogen) atoms. The fourth-order valence-corrected chi connectivity index (χ4v) is 4.36. The van der Waals surface area contributed by atoms with E-state index in [2.05, 4.69) is 9.98 Å². The van der Waals surface area contributed by atoms with Crippen molar-refractivity contribution in [1.82, 2.24) is 0 Å². The van der Waals surface area contributed by atoms with Crippen LogP contribution < -0.4 is 0 Å². The van der Waals surface area contributed by atoms with Crippen LogP contribution in [0, 0.1) is 0 Å². The fourth-order valence-electron chi connectivity index (χ4n) is 1.63. The molecule has 0 saturated carbocycles. The van der Waals surface area contributed by atoms with Crippen LogP contribution in [0.2, 0.25) is 0 Å². The van der Waals surface area contributed by atoms with Crippen molar-refractivity contribution in [2.75, 3.05) is 26.4 Å². The van der Waals surface area contributed by atoms with Gasteiger partial charge in [-0.05, 0) is 27.2 Å². The third kappa shape index (κ3) is 6.02. The molecule has 0 spiro atoms. The van der Waals surface area contributed by atoms with Gasteiger partial charge in [0.2, 0.25) is 12.2 Å². The standard InChI is InChI=1S/C11H20N2O5Si/c1-4-16-19(17-5-2,18-6-3)11(13-10-15)7-8-12-9-14/h11H,4-8H2,1-3H3. The molecule has 0 aromatic carbocycles. The molecule has 0 aliphatic carbocycles. The zero-order valence-electron chi connectivity index (χ0n) is 11.5. The van der Waals surface area contributed by atoms with E-state index in [-0.39, 0.29) is 6.54 Å². The topological polar surface area (TPSA) is 86.5 Å². The summed E-state index contributed by atoms with van der Waals surface area (Å²) >= 11 is 0. The van der Waals surface area contributed by atoms with Gasteiger partial charge < -0.3 is 13.3 Å². The normalized spacial score (nSPS) is 12.4. The minimum absolute atomic E-state index is 0.182. The summed E-state index contributed by atoms with van der Waals surface area (Å²) < 4.78 is 16.9. The van der Waals surface area contributed by atoms with Crippen molar-refractivity contribution in [2.24, 2.45) is 9.98 Å². The number of rotatable bonds is 11. The molecule has 7 nitrogen and oxygen atoms in total. The highest BCUT2D eigenvalue weighted by atomic mass is 28.4. The highest BCUT2D eigenvalue weighted by Gasteiger charge is 2.49. The van der Waals surface area contributed by atoms with Crippen molar-refractivity contribution >= 4 is 21.0 Å². The number of hydrogen-bond acceptors (Lipinski definition) is 7. The summed E-state index contributed by atoms with van der Waals surface area (Å²) in [5.74, 6) is 0. The third-order valence-corrected chi connectivity index (χ3v) is 5.54. The molecular formula is C11H20N2O5Si. The van der Waals surface area contributed by atoms with Crippen LogP contribution in [0.4, 0.5) is 0 Å². The van der Waals surface area contributed by atoms with E-state index < -0.39 is 14.5 Å². The lowest BCUT2D eigenvalue weighted by molar-refractivity contribution is 0.0618. The van der Waals surface area contributed by atoms with Crippen molar-refractivity contribution in [2.45, 2.75) is 32.9 Å². The summed E-state index contributed by atoms with van der Waals surface area (Å²) in [5.41, 5.74) is -0.609. The Morgan fingerprint density at radius 2 is 1.53 bits per heavy atom. The van der Waals surface area contributed by atoms with Crippen LogP contribution in [-0.4, -0.2) is 53.0 Å². The second kappa shape index (κ2) is 10.7. The summed E-state index contributed by atoms with van der Waals surface area (Å²) in [6, 6.07) is 0. The van der Waals surface area contributed by atoms with Gasteiger partial charge in [0.05, 0.1) is 6.54 Å². The summed E-state index contributed by atoms with van der Waals surface area (Å²) in [5, 5.41) is 0. The van der Waals surface area contributed by atoms with Crippen LogP contribution in [0.5, 0.6) is 0 Å². The Bertz CT molecular complexity index is 323. The Morgan fingerprint density at radius 3 is 1.89 bits per heavy atom. The number of carbonyl (C=O) groups excluding carboxylic acids is 2. The van der Waals surface area contributed by atoms with Gasteiger partial charge in [-0.2, -0.15) is 4.99 Å². The molecule has 0 N–H and O–H groups in total. The molecule has 0 aromatic heterocycles. The molecule has 108 valence electrons. The van der Waals surface area contributed by atoms with Crippen molar-refractivity contribution in [1.29, 1.82) is 0 Å². The smallest absolute Gasteiger partial charge is 0.372 e. The van der Waals surface area contributed by atoms with Gasteiger partial charge >= 0.3 is 8.80 Å². The van der Waals surface area contributed by atoms with Crippen LogP contribution in [0.15, 0.2) is 9.98 Å². The van der Waals surface area contributed by atoms with Gasteiger partial charge in [0.1, 0.15) is 5.67 Å². The van der Waals surface area contributed by atoms with Gasteiger partial charge in [-0.3, -0.25) is 0 Å². The Hall–Kier alpha value is -1.14. The third-order valence-electron chi connectivity index (χ3n) is 2.23. The van der Waals surface area contributed by atoms with Crippen molar-refractivity contribution in [3.8, 4) is 0 Å². The quantitative estimate of drug-likeness (QED) is 0.321. The molecule has 0 heterocycles. The maximum absolute atomic E-state index is 10.6. The van der Waals surface area contributed by atoms with E-state index in [1.807, 2.05) is 20.8 Å². The lowest BCUT2D eigenvalue weighted by Gasteiger charge is -2.32. The van der Waals surface area contributed by atoms with E-state index in [1.165, 1.54) is 12.2 Å². The van der Waals surface area contributed by atoms with Crippen LogP contribution in [-0.2, 0) is 22.9 Å². The SMILES string of the molecule is CCO[Si](OCC)(OCC)C(CCN=C=O)N=C=O. The van der Waals surface area contributed by atoms with Gasteiger partial charge in [0.25, 0.3) is 0 Å². The lowest BCUT2D eigenvalue weighted by Crippen LogP contribution is -2.56. The average molecular weight is 288 g/mol. The van der Waals surface area contributed by atoms with Crippen molar-refractivity contribution in [3.63, 3.8) is 0 Å². The number of hydrogen-bond donors (Lipinski definition) is 0. The molecule has 0 bridgehead atoms. The van der Waals surface area contributed by atoms with Crippen LogP contribution in [0.1, 0.15) is 27.2 Å². The lowest BCUT2D eigenvalue weighted by atomic mass is 10.4. The van der Waals surface area contributed by atoms with Crippen LogP contribution in [0.3, 0.4) is 0 Å². The van der Waals surface area contributed by atoms with Crippen molar-refractivity contribution in [3.05, 3.63) is 0 Å². The van der Waals surface area contributed by atoms with Crippen molar-refractivity contribution < 1.29 is 22.9 Å². The number of isocyanates is 2. The van der Waals surface area contributed by atoms with E-state index in [1.54, 1.807) is 0 Å². The molecule has 0 aromatic rings. The Morgan fingerprint density at radius 1 is 1.00 bits per heavy atom. The highest BCUT2D eigenvalue weighted by molar-refractivity contribution is 6.62. The Kier molecular flexibility index (Phi) is 10.1. The molecule has 1 unspecified atom stereocenters. The first-order chi connectivity index (χ1) is 9.20. The van der Waals surface area contributed by atoms with E-state index in [4.69, 9.17) is 13.3 Å². The molecule has 0 amide bonds. The van der Waals surface area contributed by atoms with Crippen LogP contribution in [0.25, 0.3) is 0 Å². The molecule has 0 radical (unpaired) electrons. The highest BCUT2D eigenvalue weighted by Crippen LogP contribution is 2.20. The van der Waals surface area contributed by atoms with Crippen LogP contribution >= 0.6 is 0 Å². The predicted octanol–water partition coefficient (Wildman–Crippen LogP) is 1.00. The van der Waals surface area contributed by atoms with E-state index in [0.717, 1.165) is 0 Å². The fraction of sp³-hybridized carbons (Fsp3) is 0.818. The van der Waals surface area contributed by atoms with E-state index >= 15 is 0 Å². The maximum Gasteiger partial charge on any atom is 0.527 e. The average Bonchev–Trinajstić information content (AvgIpc) is 2.39. The number of nitrogens with zero attached hydrogens (tertiary/aromatic N) is 2. The summed E-state index contributed by atoms with van der Waals surface area (Å²) in [4.78, 5) is 27.8. The summed E-state index contributed by atoms with van der Waals surface area (Å²) in [6.45, 7) is 6.76. The maximum atomic E-state index is 10.6. The summed E-state index contributed by atoms with van der Waals surface area (Å²) in [6.07, 6.45) is 3.26. The molecule has 0 aliphatic heterocycles. The summed E-state index contributed by atoms with van der Waals surface area (Å²) in [7, 11) is -3.11. The second-order valence-corrected chi connectivity index (χ2v) is 6.14. The Balaban J connectivity index is 5.16. The van der Waals surface area contributed by atoms with Gasteiger partial charge in [-0.15, -0.1) is 0 Å².